The SMILES string of the molecule is CCCCCCCCCCC/C=C/C(CCCCCCCCCCCCCCCCCC)COS(=O)(=O)[O-].CCCCCCCCCCC/C=C/C(CCCCCCCCCCCCCCCCCC)COS(=O)(=O)[O-].[Ca+2]. The van der Waals surface area contributed by atoms with Crippen LogP contribution in [0.1, 0.15) is 374 Å². The fraction of sp³-hybridized carbons (Fsp3) is 0.939. The standard InChI is InChI=1S/2C33H66O4S.Ca/c2*1-3-5-7-9-11-13-15-16-17-18-19-21-23-25-27-29-31-33(32-37-38(34,35)36)30-28-26-24-22-20-14-12-10-8-6-4-2;/h2*28,30,33H,3-27,29,31-32H2,1-2H3,(H,34,35,36);/q;;+2/p-2/b2*30-28+;. The number of rotatable bonds is 62. The molecule has 11 heteroatoms. The molecule has 0 aliphatic carbocycles. The predicted molar refractivity (Wildman–Crippen MR) is 334 cm³/mol. The number of hydrogen-bond donors (Lipinski definition) is 0. The zero-order chi connectivity index (χ0) is 56.0. The number of unbranched alkanes of at least 4 members (excludes halogenated alkanes) is 48. The molecule has 8 nitrogen and oxygen atoms in total. The second kappa shape index (κ2) is 67.3. The molecular weight excluding hydrogens is 1020 g/mol. The van der Waals surface area contributed by atoms with Crippen LogP contribution in [0.25, 0.3) is 0 Å². The van der Waals surface area contributed by atoms with E-state index in [9.17, 15) is 25.9 Å². The molecule has 0 heterocycles. The van der Waals surface area contributed by atoms with E-state index < -0.39 is 20.8 Å². The average molecular weight is 1160 g/mol. The Labute approximate surface area is 512 Å². The Morgan fingerprint density at radius 3 is 0.636 bits per heavy atom. The van der Waals surface area contributed by atoms with Crippen LogP contribution in [0.4, 0.5) is 0 Å². The normalized spacial score (nSPS) is 12.9. The Morgan fingerprint density at radius 2 is 0.455 bits per heavy atom. The van der Waals surface area contributed by atoms with Gasteiger partial charge in [0.1, 0.15) is 0 Å². The summed E-state index contributed by atoms with van der Waals surface area (Å²) >= 11 is 0. The number of hydrogen-bond acceptors (Lipinski definition) is 8. The fourth-order valence-electron chi connectivity index (χ4n) is 10.4. The van der Waals surface area contributed by atoms with Crippen LogP contribution in [-0.2, 0) is 29.2 Å². The molecule has 0 amide bonds. The van der Waals surface area contributed by atoms with E-state index in [4.69, 9.17) is 0 Å². The van der Waals surface area contributed by atoms with E-state index in [0.717, 1.165) is 38.5 Å². The van der Waals surface area contributed by atoms with Crippen molar-refractivity contribution in [3.05, 3.63) is 24.3 Å². The maximum Gasteiger partial charge on any atom is 2.00 e. The molecule has 0 aromatic carbocycles. The Balaban J connectivity index is -0.00000140. The summed E-state index contributed by atoms with van der Waals surface area (Å²) in [5, 5.41) is 0. The van der Waals surface area contributed by atoms with Gasteiger partial charge >= 0.3 is 37.7 Å². The van der Waals surface area contributed by atoms with Gasteiger partial charge in [-0.1, -0.05) is 360 Å². The van der Waals surface area contributed by atoms with Crippen LogP contribution in [0, 0.1) is 11.8 Å². The molecule has 0 fully saturated rings. The Hall–Kier alpha value is 0.480. The van der Waals surface area contributed by atoms with Gasteiger partial charge in [-0.15, -0.1) is 0 Å². The molecule has 0 rings (SSSR count). The zero-order valence-electron chi connectivity index (χ0n) is 51.9. The van der Waals surface area contributed by atoms with E-state index in [1.54, 1.807) is 0 Å². The Morgan fingerprint density at radius 1 is 0.286 bits per heavy atom. The molecule has 0 radical (unpaired) electrons. The molecule has 0 saturated heterocycles. The summed E-state index contributed by atoms with van der Waals surface area (Å²) in [7, 11) is -9.24. The van der Waals surface area contributed by atoms with Crippen molar-refractivity contribution in [1.29, 1.82) is 0 Å². The molecule has 0 saturated carbocycles. The van der Waals surface area contributed by atoms with Crippen LogP contribution < -0.4 is 0 Å². The third kappa shape index (κ3) is 76.5. The van der Waals surface area contributed by atoms with Gasteiger partial charge < -0.3 is 9.11 Å². The van der Waals surface area contributed by atoms with Gasteiger partial charge in [-0.2, -0.15) is 0 Å². The minimum atomic E-state index is -4.62. The third-order valence-electron chi connectivity index (χ3n) is 15.5. The summed E-state index contributed by atoms with van der Waals surface area (Å²) in [4.78, 5) is 0. The molecule has 0 aromatic rings. The molecule has 77 heavy (non-hydrogen) atoms. The van der Waals surface area contributed by atoms with Crippen molar-refractivity contribution in [2.45, 2.75) is 374 Å². The van der Waals surface area contributed by atoms with E-state index in [1.165, 1.54) is 308 Å². The summed E-state index contributed by atoms with van der Waals surface area (Å²) in [5.41, 5.74) is 0. The quantitative estimate of drug-likeness (QED) is 0.0193. The molecule has 0 aromatic heterocycles. The second-order valence-corrected chi connectivity index (χ2v) is 25.3. The minimum absolute atomic E-state index is 0. The molecule has 2 unspecified atom stereocenters. The molecule has 0 bridgehead atoms. The van der Waals surface area contributed by atoms with Gasteiger partial charge in [0.05, 0.1) is 13.2 Å². The first-order valence-corrected chi connectivity index (χ1v) is 36.2. The largest absolute Gasteiger partial charge is 2.00 e. The van der Waals surface area contributed by atoms with Crippen LogP contribution in [0.5, 0.6) is 0 Å². The minimum Gasteiger partial charge on any atom is -0.726 e. The maximum atomic E-state index is 10.9. The van der Waals surface area contributed by atoms with Crippen molar-refractivity contribution in [3.63, 3.8) is 0 Å². The molecule has 0 spiro atoms. The molecule has 0 aliphatic rings. The van der Waals surface area contributed by atoms with Gasteiger partial charge in [0.15, 0.2) is 0 Å². The van der Waals surface area contributed by atoms with Crippen molar-refractivity contribution in [3.8, 4) is 0 Å². The first-order valence-electron chi connectivity index (χ1n) is 33.5. The maximum absolute atomic E-state index is 10.9. The summed E-state index contributed by atoms with van der Waals surface area (Å²) in [6.07, 6.45) is 79.0. The first kappa shape index (κ1) is 81.7. The topological polar surface area (TPSA) is 133 Å². The van der Waals surface area contributed by atoms with Gasteiger partial charge in [0.25, 0.3) is 0 Å². The molecule has 0 aliphatic heterocycles. The second-order valence-electron chi connectivity index (χ2n) is 23.2. The van der Waals surface area contributed by atoms with Crippen LogP contribution in [0.2, 0.25) is 0 Å². The predicted octanol–water partition coefficient (Wildman–Crippen LogP) is 22.0. The van der Waals surface area contributed by atoms with Crippen LogP contribution in [0.3, 0.4) is 0 Å². The van der Waals surface area contributed by atoms with Gasteiger partial charge in [0, 0.05) is 11.8 Å². The van der Waals surface area contributed by atoms with Crippen molar-refractivity contribution >= 4 is 58.5 Å². The van der Waals surface area contributed by atoms with Gasteiger partial charge in [-0.05, 0) is 38.5 Å². The van der Waals surface area contributed by atoms with Crippen molar-refractivity contribution < 1.29 is 34.3 Å². The summed E-state index contributed by atoms with van der Waals surface area (Å²) in [6.45, 7) is 9.03. The molecular formula is C66H130CaO8S2. The average Bonchev–Trinajstić information content (AvgIpc) is 3.39. The third-order valence-corrected chi connectivity index (χ3v) is 16.3. The van der Waals surface area contributed by atoms with Crippen molar-refractivity contribution in [2.24, 2.45) is 11.8 Å². The van der Waals surface area contributed by atoms with Crippen LogP contribution in [-0.4, -0.2) is 76.9 Å². The van der Waals surface area contributed by atoms with E-state index in [1.807, 2.05) is 0 Å². The van der Waals surface area contributed by atoms with E-state index >= 15 is 0 Å². The fourth-order valence-corrected chi connectivity index (χ4v) is 11.1. The monoisotopic (exact) mass is 1150 g/mol. The summed E-state index contributed by atoms with van der Waals surface area (Å²) < 4.78 is 74.7. The van der Waals surface area contributed by atoms with E-state index in [-0.39, 0.29) is 62.8 Å². The van der Waals surface area contributed by atoms with Gasteiger partial charge in [0.2, 0.25) is 20.8 Å². The summed E-state index contributed by atoms with van der Waals surface area (Å²) in [5.74, 6) is 0.0351. The zero-order valence-corrected chi connectivity index (χ0v) is 55.7. The van der Waals surface area contributed by atoms with Crippen molar-refractivity contribution in [2.75, 3.05) is 13.2 Å². The van der Waals surface area contributed by atoms with Gasteiger partial charge in [-0.25, -0.2) is 16.8 Å². The summed E-state index contributed by atoms with van der Waals surface area (Å²) in [6, 6.07) is 0. The Bertz CT molecular complexity index is 1290. The van der Waals surface area contributed by atoms with Crippen LogP contribution >= 0.6 is 0 Å². The van der Waals surface area contributed by atoms with E-state index in [2.05, 4.69) is 60.4 Å². The van der Waals surface area contributed by atoms with Crippen LogP contribution in [0.15, 0.2) is 24.3 Å². The van der Waals surface area contributed by atoms with Gasteiger partial charge in [-0.3, -0.25) is 8.37 Å². The number of allylic oxidation sites excluding steroid dienone is 2. The Kier molecular flexibility index (Phi) is 71.4. The first-order chi connectivity index (χ1) is 37.0. The van der Waals surface area contributed by atoms with E-state index in [0.29, 0.717) is 0 Å². The smallest absolute Gasteiger partial charge is 0.726 e. The molecule has 0 N–H and O–H groups in total. The van der Waals surface area contributed by atoms with Crippen molar-refractivity contribution in [1.82, 2.24) is 0 Å². The molecule has 2 atom stereocenters. The molecule has 456 valence electrons.